The van der Waals surface area contributed by atoms with E-state index in [0.29, 0.717) is 0 Å². The Balaban J connectivity index is 2.74. The molecule has 1 heteroatoms. The predicted octanol–water partition coefficient (Wildman–Crippen LogP) is 2.70. The molecule has 1 aromatic carbocycles. The van der Waals surface area contributed by atoms with Gasteiger partial charge in [0.05, 0.1) is 12.3 Å². The summed E-state index contributed by atoms with van der Waals surface area (Å²) in [5, 5.41) is 0. The maximum Gasteiger partial charge on any atom is 0.222 e. The van der Waals surface area contributed by atoms with E-state index in [9.17, 15) is 0 Å². The van der Waals surface area contributed by atoms with Crippen molar-refractivity contribution in [2.24, 2.45) is 0 Å². The van der Waals surface area contributed by atoms with E-state index >= 15 is 0 Å². The molecule has 0 aliphatic rings. The third kappa shape index (κ3) is 5.05. The third-order valence-electron chi connectivity index (χ3n) is 2.41. The van der Waals surface area contributed by atoms with E-state index in [2.05, 4.69) is 73.5 Å². The highest BCUT2D eigenvalue weighted by atomic mass is 15.1. The van der Waals surface area contributed by atoms with Crippen molar-refractivity contribution in [3.8, 4) is 47.5 Å². The molecule has 20 heavy (non-hydrogen) atoms. The van der Waals surface area contributed by atoms with Gasteiger partial charge in [-0.15, -0.1) is 0 Å². The van der Waals surface area contributed by atoms with E-state index < -0.39 is 0 Å². The molecule has 1 rings (SSSR count). The molecule has 0 atom stereocenters. The summed E-state index contributed by atoms with van der Waals surface area (Å²) in [7, 11) is 1.90. The zero-order valence-electron chi connectivity index (χ0n) is 11.8. The lowest BCUT2D eigenvalue weighted by atomic mass is 10.1. The average molecular weight is 256 g/mol. The van der Waals surface area contributed by atoms with Crippen LogP contribution in [0, 0.1) is 67.9 Å². The maximum atomic E-state index is 5.07. The van der Waals surface area contributed by atoms with Crippen LogP contribution in [-0.4, -0.2) is 7.05 Å². The predicted molar refractivity (Wildman–Crippen MR) is 84.3 cm³/mol. The minimum absolute atomic E-state index is 1.07. The first-order valence-corrected chi connectivity index (χ1v) is 6.00. The number of nitrogens with zero attached hydrogens (tertiary/aromatic N) is 1. The SMILES string of the molecule is [CH+]=CC#CC#CC#CC#CN(C)c1ccc(C)cc1C. The highest BCUT2D eigenvalue weighted by Gasteiger charge is 2.01. The molecule has 1 aromatic rings. The van der Waals surface area contributed by atoms with Gasteiger partial charge in [-0.05, 0) is 25.5 Å². The molecule has 0 N–H and O–H groups in total. The van der Waals surface area contributed by atoms with Gasteiger partial charge in [-0.3, -0.25) is 0 Å². The van der Waals surface area contributed by atoms with Crippen molar-refractivity contribution in [2.75, 3.05) is 11.9 Å². The van der Waals surface area contributed by atoms with Crippen LogP contribution in [0.2, 0.25) is 0 Å². The van der Waals surface area contributed by atoms with Crippen LogP contribution in [0.15, 0.2) is 24.3 Å². The van der Waals surface area contributed by atoms with Gasteiger partial charge < -0.3 is 4.90 Å². The Labute approximate surface area is 121 Å². The fourth-order valence-corrected chi connectivity index (χ4v) is 1.56. The van der Waals surface area contributed by atoms with Crippen LogP contribution in [0.3, 0.4) is 0 Å². The van der Waals surface area contributed by atoms with Crippen molar-refractivity contribution in [1.29, 1.82) is 0 Å². The Morgan fingerprint density at radius 2 is 1.65 bits per heavy atom. The molecular formula is C19H14N+. The van der Waals surface area contributed by atoms with Gasteiger partial charge in [0.2, 0.25) is 6.08 Å². The van der Waals surface area contributed by atoms with Gasteiger partial charge in [-0.25, -0.2) is 0 Å². The van der Waals surface area contributed by atoms with Gasteiger partial charge in [0.15, 0.2) is 5.92 Å². The van der Waals surface area contributed by atoms with Gasteiger partial charge in [0, 0.05) is 42.7 Å². The molecule has 0 amide bonds. The fourth-order valence-electron chi connectivity index (χ4n) is 1.56. The van der Waals surface area contributed by atoms with E-state index in [1.54, 1.807) is 0 Å². The molecule has 0 radical (unpaired) electrons. The Morgan fingerprint density at radius 3 is 2.30 bits per heavy atom. The fraction of sp³-hybridized carbons (Fsp3) is 0.158. The van der Waals surface area contributed by atoms with E-state index in [1.165, 1.54) is 17.2 Å². The van der Waals surface area contributed by atoms with Crippen molar-refractivity contribution >= 4 is 5.69 Å². The van der Waals surface area contributed by atoms with E-state index in [0.717, 1.165) is 5.69 Å². The quantitative estimate of drug-likeness (QED) is 0.424. The van der Waals surface area contributed by atoms with Gasteiger partial charge in [-0.1, -0.05) is 17.7 Å². The summed E-state index contributed by atoms with van der Waals surface area (Å²) < 4.78 is 0. The first-order valence-electron chi connectivity index (χ1n) is 6.00. The summed E-state index contributed by atoms with van der Waals surface area (Å²) in [6.45, 7) is 9.20. The summed E-state index contributed by atoms with van der Waals surface area (Å²) in [4.78, 5) is 1.85. The number of hydrogen-bond acceptors (Lipinski definition) is 1. The molecule has 0 unspecified atom stereocenters. The highest BCUT2D eigenvalue weighted by molar-refractivity contribution is 5.58. The molecule has 0 bridgehead atoms. The standard InChI is InChI=1S/C19H14N/c1-5-6-7-8-9-10-11-12-15-20(4)19-14-13-17(2)16-18(19)3/h1,5,13-14,16H,2-4H3/q+1. The molecule has 0 fully saturated rings. The van der Waals surface area contributed by atoms with Crippen molar-refractivity contribution in [1.82, 2.24) is 0 Å². The molecule has 0 spiro atoms. The van der Waals surface area contributed by atoms with Gasteiger partial charge in [0.25, 0.3) is 0 Å². The van der Waals surface area contributed by atoms with Crippen LogP contribution in [-0.2, 0) is 0 Å². The number of benzene rings is 1. The van der Waals surface area contributed by atoms with Crippen LogP contribution in [0.5, 0.6) is 0 Å². The molecular weight excluding hydrogens is 242 g/mol. The topological polar surface area (TPSA) is 3.24 Å². The van der Waals surface area contributed by atoms with Crippen LogP contribution in [0.25, 0.3) is 0 Å². The Kier molecular flexibility index (Phi) is 6.05. The molecule has 0 saturated heterocycles. The molecule has 0 aromatic heterocycles. The number of anilines is 1. The molecule has 94 valence electrons. The number of aryl methyl sites for hydroxylation is 2. The number of rotatable bonds is 1. The first-order chi connectivity index (χ1) is 9.65. The zero-order valence-corrected chi connectivity index (χ0v) is 11.8. The largest absolute Gasteiger partial charge is 0.304 e. The third-order valence-corrected chi connectivity index (χ3v) is 2.41. The minimum Gasteiger partial charge on any atom is -0.304 e. The first kappa shape index (κ1) is 15.0. The average Bonchev–Trinajstić information content (AvgIpc) is 2.41. The Hall–Kier alpha value is -3.09. The van der Waals surface area contributed by atoms with Gasteiger partial charge in [0.1, 0.15) is 5.92 Å². The molecule has 0 aliphatic carbocycles. The molecule has 0 saturated carbocycles. The van der Waals surface area contributed by atoms with Crippen LogP contribution < -0.4 is 4.90 Å². The summed E-state index contributed by atoms with van der Waals surface area (Å²) in [5.41, 5.74) is 3.49. The van der Waals surface area contributed by atoms with Crippen LogP contribution in [0.4, 0.5) is 5.69 Å². The lowest BCUT2D eigenvalue weighted by Crippen LogP contribution is -2.10. The Morgan fingerprint density at radius 1 is 1.00 bits per heavy atom. The monoisotopic (exact) mass is 256 g/mol. The lowest BCUT2D eigenvalue weighted by molar-refractivity contribution is 1.21. The highest BCUT2D eigenvalue weighted by Crippen LogP contribution is 2.18. The summed E-state index contributed by atoms with van der Waals surface area (Å²) >= 11 is 0. The summed E-state index contributed by atoms with van der Waals surface area (Å²) in [6.07, 6.45) is 1.24. The second-order valence-electron chi connectivity index (χ2n) is 4.02. The van der Waals surface area contributed by atoms with Crippen molar-refractivity contribution in [2.45, 2.75) is 13.8 Å². The van der Waals surface area contributed by atoms with Crippen molar-refractivity contribution in [3.05, 3.63) is 42.0 Å². The molecule has 0 heterocycles. The molecule has 0 aliphatic heterocycles. The normalized spacial score (nSPS) is 7.30. The van der Waals surface area contributed by atoms with E-state index in [4.69, 9.17) is 6.58 Å². The minimum atomic E-state index is 1.07. The van der Waals surface area contributed by atoms with E-state index in [-0.39, 0.29) is 0 Å². The number of allylic oxidation sites excluding steroid dienone is 1. The van der Waals surface area contributed by atoms with Crippen molar-refractivity contribution in [3.63, 3.8) is 0 Å². The van der Waals surface area contributed by atoms with Crippen LogP contribution >= 0.6 is 0 Å². The smallest absolute Gasteiger partial charge is 0.222 e. The summed E-state index contributed by atoms with van der Waals surface area (Å²) in [5.74, 6) is 18.2. The van der Waals surface area contributed by atoms with Gasteiger partial charge >= 0.3 is 0 Å². The Bertz CT molecular complexity index is 738. The van der Waals surface area contributed by atoms with E-state index in [1.807, 2.05) is 18.0 Å². The second-order valence-corrected chi connectivity index (χ2v) is 4.02. The van der Waals surface area contributed by atoms with Crippen LogP contribution in [0.1, 0.15) is 11.1 Å². The van der Waals surface area contributed by atoms with Gasteiger partial charge in [-0.2, -0.15) is 0 Å². The van der Waals surface area contributed by atoms with Crippen molar-refractivity contribution < 1.29 is 0 Å². The molecule has 1 nitrogen and oxygen atoms in total. The zero-order chi connectivity index (χ0) is 14.8. The summed E-state index contributed by atoms with van der Waals surface area (Å²) in [6, 6.07) is 9.17. The second kappa shape index (κ2) is 8.09. The number of hydrogen-bond donors (Lipinski definition) is 0. The maximum absolute atomic E-state index is 5.07. The lowest BCUT2D eigenvalue weighted by Gasteiger charge is -2.14.